The van der Waals surface area contributed by atoms with Crippen LogP contribution in [-0.2, 0) is 4.79 Å². The first kappa shape index (κ1) is 16.2. The molecule has 1 heterocycles. The Morgan fingerprint density at radius 2 is 1.91 bits per heavy atom. The van der Waals surface area contributed by atoms with Crippen molar-refractivity contribution in [1.29, 1.82) is 0 Å². The Morgan fingerprint density at radius 3 is 2.52 bits per heavy atom. The Balaban J connectivity index is 1.74. The number of nitrogens with zero attached hydrogens (tertiary/aromatic N) is 1. The van der Waals surface area contributed by atoms with Crippen LogP contribution in [0.25, 0.3) is 0 Å². The second kappa shape index (κ2) is 6.48. The predicted molar refractivity (Wildman–Crippen MR) is 86.6 cm³/mol. The van der Waals surface area contributed by atoms with Gasteiger partial charge in [-0.25, -0.2) is 4.39 Å². The minimum absolute atomic E-state index is 0.0675. The van der Waals surface area contributed by atoms with Crippen molar-refractivity contribution in [1.82, 2.24) is 10.2 Å². The number of hydrogen-bond acceptors (Lipinski definition) is 3. The Kier molecular flexibility index (Phi) is 4.57. The van der Waals surface area contributed by atoms with Gasteiger partial charge in [-0.1, -0.05) is 18.9 Å². The standard InChI is InChI=1S/C18H25FN2O2/c1-13(14-6-7-16(22)15(19)12-14)20-17(23)18(8-2-3-9-18)21-10-4-5-11-21/h6-7,12-13,22H,2-5,8-11H2,1H3,(H,20,23)/t13-/m0/s1. The maximum absolute atomic E-state index is 13.5. The zero-order valence-corrected chi connectivity index (χ0v) is 13.6. The number of aromatic hydroxyl groups is 1. The van der Waals surface area contributed by atoms with Gasteiger partial charge in [0.05, 0.1) is 6.04 Å². The molecule has 1 aliphatic carbocycles. The van der Waals surface area contributed by atoms with Gasteiger partial charge in [-0.05, 0) is 63.4 Å². The molecule has 1 aliphatic heterocycles. The SMILES string of the molecule is C[C@H](NC(=O)C1(N2CCCC2)CCCC1)c1ccc(O)c(F)c1. The third-order valence-corrected chi connectivity index (χ3v) is 5.38. The summed E-state index contributed by atoms with van der Waals surface area (Å²) in [6.07, 6.45) is 6.32. The van der Waals surface area contributed by atoms with Crippen LogP contribution in [-0.4, -0.2) is 34.5 Å². The summed E-state index contributed by atoms with van der Waals surface area (Å²) in [4.78, 5) is 15.3. The monoisotopic (exact) mass is 320 g/mol. The van der Waals surface area contributed by atoms with E-state index in [0.29, 0.717) is 5.56 Å². The number of hydrogen-bond donors (Lipinski definition) is 2. The number of phenolic OH excluding ortho intramolecular Hbond substituents is 1. The van der Waals surface area contributed by atoms with Gasteiger partial charge in [0.1, 0.15) is 5.54 Å². The third-order valence-electron chi connectivity index (χ3n) is 5.38. The van der Waals surface area contributed by atoms with E-state index in [1.54, 1.807) is 6.07 Å². The van der Waals surface area contributed by atoms with E-state index in [-0.39, 0.29) is 23.2 Å². The largest absolute Gasteiger partial charge is 0.505 e. The van der Waals surface area contributed by atoms with Crippen LogP contribution in [0, 0.1) is 5.82 Å². The summed E-state index contributed by atoms with van der Waals surface area (Å²) in [5.74, 6) is -0.951. The summed E-state index contributed by atoms with van der Waals surface area (Å²) in [6, 6.07) is 3.99. The zero-order chi connectivity index (χ0) is 16.4. The molecule has 1 aromatic rings. The number of carbonyl (C=O) groups excluding carboxylic acids is 1. The number of likely N-dealkylation sites (tertiary alicyclic amines) is 1. The van der Waals surface area contributed by atoms with E-state index in [9.17, 15) is 14.3 Å². The molecule has 0 bridgehead atoms. The molecule has 0 unspecified atom stereocenters. The van der Waals surface area contributed by atoms with E-state index in [2.05, 4.69) is 10.2 Å². The highest BCUT2D eigenvalue weighted by Crippen LogP contribution is 2.38. The van der Waals surface area contributed by atoms with Gasteiger partial charge in [0.2, 0.25) is 5.91 Å². The summed E-state index contributed by atoms with van der Waals surface area (Å²) < 4.78 is 13.5. The van der Waals surface area contributed by atoms with Gasteiger partial charge >= 0.3 is 0 Å². The first-order chi connectivity index (χ1) is 11.0. The van der Waals surface area contributed by atoms with E-state index in [1.165, 1.54) is 12.1 Å². The molecule has 0 spiro atoms. The number of rotatable bonds is 4. The smallest absolute Gasteiger partial charge is 0.240 e. The summed E-state index contributed by atoms with van der Waals surface area (Å²) in [7, 11) is 0. The van der Waals surface area contributed by atoms with Crippen molar-refractivity contribution < 1.29 is 14.3 Å². The highest BCUT2D eigenvalue weighted by molar-refractivity contribution is 5.87. The highest BCUT2D eigenvalue weighted by Gasteiger charge is 2.47. The highest BCUT2D eigenvalue weighted by atomic mass is 19.1. The molecule has 126 valence electrons. The maximum Gasteiger partial charge on any atom is 0.240 e. The van der Waals surface area contributed by atoms with Crippen molar-refractivity contribution >= 4 is 5.91 Å². The first-order valence-electron chi connectivity index (χ1n) is 8.57. The lowest BCUT2D eigenvalue weighted by atomic mass is 9.93. The Labute approximate surface area is 136 Å². The zero-order valence-electron chi connectivity index (χ0n) is 13.6. The van der Waals surface area contributed by atoms with Crippen molar-refractivity contribution in [3.8, 4) is 5.75 Å². The van der Waals surface area contributed by atoms with Crippen LogP contribution in [0.4, 0.5) is 4.39 Å². The summed E-state index contributed by atoms with van der Waals surface area (Å²) >= 11 is 0. The maximum atomic E-state index is 13.5. The molecule has 1 atom stereocenters. The molecule has 1 aromatic carbocycles. The number of halogens is 1. The van der Waals surface area contributed by atoms with Crippen LogP contribution in [0.15, 0.2) is 18.2 Å². The van der Waals surface area contributed by atoms with Gasteiger partial charge in [0, 0.05) is 0 Å². The number of nitrogens with one attached hydrogen (secondary N) is 1. The second-order valence-corrected chi connectivity index (χ2v) is 6.84. The summed E-state index contributed by atoms with van der Waals surface area (Å²) in [5, 5.41) is 12.4. The third kappa shape index (κ3) is 3.07. The van der Waals surface area contributed by atoms with Gasteiger partial charge in [-0.3, -0.25) is 9.69 Å². The average Bonchev–Trinajstić information content (AvgIpc) is 3.21. The number of amides is 1. The molecule has 23 heavy (non-hydrogen) atoms. The van der Waals surface area contributed by atoms with Crippen molar-refractivity contribution in [2.24, 2.45) is 0 Å². The molecular formula is C18H25FN2O2. The van der Waals surface area contributed by atoms with Crippen LogP contribution < -0.4 is 5.32 Å². The minimum atomic E-state index is -0.654. The molecule has 2 aliphatic rings. The van der Waals surface area contributed by atoms with Crippen molar-refractivity contribution in [2.45, 2.75) is 57.0 Å². The lowest BCUT2D eigenvalue weighted by Crippen LogP contribution is -2.56. The van der Waals surface area contributed by atoms with Crippen LogP contribution in [0.1, 0.15) is 57.1 Å². The van der Waals surface area contributed by atoms with E-state index in [4.69, 9.17) is 0 Å². The predicted octanol–water partition coefficient (Wildman–Crippen LogP) is 3.12. The quantitative estimate of drug-likeness (QED) is 0.896. The lowest BCUT2D eigenvalue weighted by Gasteiger charge is -2.38. The Morgan fingerprint density at radius 1 is 1.26 bits per heavy atom. The fourth-order valence-electron chi connectivity index (χ4n) is 4.00. The molecule has 1 saturated carbocycles. The number of phenols is 1. The van der Waals surface area contributed by atoms with Gasteiger partial charge in [0.25, 0.3) is 0 Å². The molecule has 2 fully saturated rings. The number of benzene rings is 1. The fraction of sp³-hybridized carbons (Fsp3) is 0.611. The van der Waals surface area contributed by atoms with Crippen LogP contribution >= 0.6 is 0 Å². The summed E-state index contributed by atoms with van der Waals surface area (Å²) in [5.41, 5.74) is 0.295. The van der Waals surface area contributed by atoms with E-state index in [0.717, 1.165) is 51.6 Å². The Bertz CT molecular complexity index is 578. The van der Waals surface area contributed by atoms with Crippen LogP contribution in [0.5, 0.6) is 5.75 Å². The van der Waals surface area contributed by atoms with Crippen molar-refractivity contribution in [3.63, 3.8) is 0 Å². The van der Waals surface area contributed by atoms with E-state index < -0.39 is 5.82 Å². The average molecular weight is 320 g/mol. The molecule has 5 heteroatoms. The molecule has 0 radical (unpaired) electrons. The van der Waals surface area contributed by atoms with Gasteiger partial charge in [-0.2, -0.15) is 0 Å². The summed E-state index contributed by atoms with van der Waals surface area (Å²) in [6.45, 7) is 3.85. The first-order valence-corrected chi connectivity index (χ1v) is 8.57. The number of carbonyl (C=O) groups is 1. The van der Waals surface area contributed by atoms with E-state index in [1.807, 2.05) is 6.92 Å². The van der Waals surface area contributed by atoms with Crippen molar-refractivity contribution in [2.75, 3.05) is 13.1 Å². The molecular weight excluding hydrogens is 295 g/mol. The molecule has 2 N–H and O–H groups in total. The lowest BCUT2D eigenvalue weighted by molar-refractivity contribution is -0.133. The molecule has 1 saturated heterocycles. The minimum Gasteiger partial charge on any atom is -0.505 e. The van der Waals surface area contributed by atoms with Crippen LogP contribution in [0.3, 0.4) is 0 Å². The molecule has 1 amide bonds. The molecule has 0 aromatic heterocycles. The normalized spacial score (nSPS) is 22.2. The molecule has 4 nitrogen and oxygen atoms in total. The van der Waals surface area contributed by atoms with Gasteiger partial charge in [0.15, 0.2) is 11.6 Å². The second-order valence-electron chi connectivity index (χ2n) is 6.84. The van der Waals surface area contributed by atoms with Gasteiger partial charge < -0.3 is 10.4 Å². The Hall–Kier alpha value is -1.62. The molecule has 3 rings (SSSR count). The van der Waals surface area contributed by atoms with Crippen LogP contribution in [0.2, 0.25) is 0 Å². The fourth-order valence-corrected chi connectivity index (χ4v) is 4.00. The van der Waals surface area contributed by atoms with Gasteiger partial charge in [-0.15, -0.1) is 0 Å². The topological polar surface area (TPSA) is 52.6 Å². The van der Waals surface area contributed by atoms with Crippen molar-refractivity contribution in [3.05, 3.63) is 29.6 Å². The van der Waals surface area contributed by atoms with E-state index >= 15 is 0 Å².